The van der Waals surface area contributed by atoms with E-state index >= 15 is 0 Å². The first-order chi connectivity index (χ1) is 25.3. The molecule has 0 spiro atoms. The average molecular weight is 667 g/mol. The minimum atomic E-state index is -0.444. The van der Waals surface area contributed by atoms with Gasteiger partial charge in [-0.25, -0.2) is 0 Å². The Balaban J connectivity index is 1.06. The van der Waals surface area contributed by atoms with Crippen LogP contribution >= 0.6 is 11.3 Å². The molecule has 0 bridgehead atoms. The van der Waals surface area contributed by atoms with Crippen LogP contribution in [-0.4, -0.2) is 11.7 Å². The molecule has 9 aromatic rings. The number of fused-ring (bicyclic) bond motifs is 8. The number of benzene rings is 8. The third kappa shape index (κ3) is 4.37. The first-order valence-electron chi connectivity index (χ1n) is 17.3. The lowest BCUT2D eigenvalue weighted by molar-refractivity contribution is 0.888. The smallest absolute Gasteiger partial charge is 0.0828 e. The molecule has 1 atom stereocenters. The Hall–Kier alpha value is -6.36. The molecule has 1 aliphatic carbocycles. The van der Waals surface area contributed by atoms with Gasteiger partial charge in [0.15, 0.2) is 0 Å². The van der Waals surface area contributed by atoms with Crippen molar-refractivity contribution in [1.29, 1.82) is 0 Å². The van der Waals surface area contributed by atoms with Gasteiger partial charge in [-0.05, 0) is 72.1 Å². The van der Waals surface area contributed by atoms with Crippen molar-refractivity contribution >= 4 is 64.7 Å². The van der Waals surface area contributed by atoms with Gasteiger partial charge in [0.05, 0.1) is 12.0 Å². The summed E-state index contributed by atoms with van der Waals surface area (Å²) >= 11 is 1.87. The molecule has 1 aromatic heterocycles. The second-order valence-electron chi connectivity index (χ2n) is 13.3. The zero-order valence-electron chi connectivity index (χ0n) is 27.4. The summed E-state index contributed by atoms with van der Waals surface area (Å²) in [5, 5.41) is 12.8. The molecule has 8 aromatic carbocycles. The van der Waals surface area contributed by atoms with Crippen molar-refractivity contribution in [1.82, 2.24) is 0 Å². The fourth-order valence-corrected chi connectivity index (χ4v) is 9.40. The van der Waals surface area contributed by atoms with Gasteiger partial charge in [-0.1, -0.05) is 164 Å². The van der Waals surface area contributed by atoms with Gasteiger partial charge < -0.3 is 10.3 Å². The highest BCUT2D eigenvalue weighted by molar-refractivity contribution is 7.26. The van der Waals surface area contributed by atoms with E-state index in [0.717, 1.165) is 16.7 Å². The van der Waals surface area contributed by atoms with Gasteiger partial charge in [-0.2, -0.15) is 0 Å². The molecule has 0 N–H and O–H groups in total. The summed E-state index contributed by atoms with van der Waals surface area (Å²) in [5.74, 6) is 1.39. The summed E-state index contributed by atoms with van der Waals surface area (Å²) in [6.45, 7) is 0. The zero-order chi connectivity index (χ0) is 33.5. The Kier molecular flexibility index (Phi) is 6.18. The third-order valence-electron chi connectivity index (χ3n) is 10.4. The summed E-state index contributed by atoms with van der Waals surface area (Å²) < 4.78 is 2.56. The van der Waals surface area contributed by atoms with Gasteiger partial charge in [0.1, 0.15) is 0 Å². The maximum absolute atomic E-state index is 5.29. The molecule has 0 fully saturated rings. The van der Waals surface area contributed by atoms with Gasteiger partial charge in [-0.3, -0.25) is 4.99 Å². The summed E-state index contributed by atoms with van der Waals surface area (Å²) in [6, 6.07) is 58.5. The minimum Gasteiger partial charge on any atom is -0.438 e. The van der Waals surface area contributed by atoms with Crippen molar-refractivity contribution in [3.63, 3.8) is 0 Å². The van der Waals surface area contributed by atoms with Gasteiger partial charge in [-0.15, -0.1) is 11.3 Å². The molecule has 51 heavy (non-hydrogen) atoms. The van der Waals surface area contributed by atoms with Crippen molar-refractivity contribution in [3.05, 3.63) is 186 Å². The minimum absolute atomic E-state index is 0.444. The van der Waals surface area contributed by atoms with Crippen molar-refractivity contribution < 1.29 is 0 Å². The zero-order valence-corrected chi connectivity index (χ0v) is 28.2. The lowest BCUT2D eigenvalue weighted by atomic mass is 9.97. The number of hydrogen-bond donors (Lipinski definition) is 0. The highest BCUT2D eigenvalue weighted by Gasteiger charge is 2.26. The number of thiophene rings is 1. The molecule has 2 heterocycles. The van der Waals surface area contributed by atoms with Crippen LogP contribution in [0.4, 0.5) is 0 Å². The van der Waals surface area contributed by atoms with Crippen molar-refractivity contribution in [2.45, 2.75) is 6.17 Å². The molecule has 4 heteroatoms. The van der Waals surface area contributed by atoms with E-state index in [-0.39, 0.29) is 0 Å². The lowest BCUT2D eigenvalue weighted by Gasteiger charge is -2.33. The molecule has 1 unspecified atom stereocenters. The van der Waals surface area contributed by atoms with E-state index in [0.29, 0.717) is 11.7 Å². The predicted octanol–water partition coefficient (Wildman–Crippen LogP) is 13.0. The maximum Gasteiger partial charge on any atom is 0.0828 e. The second-order valence-corrected chi connectivity index (χ2v) is 14.3. The molecule has 0 saturated heterocycles. The van der Waals surface area contributed by atoms with Gasteiger partial charge in [0.2, 0.25) is 0 Å². The number of amidine groups is 2. The quantitative estimate of drug-likeness (QED) is 0.179. The first kappa shape index (κ1) is 28.5. The monoisotopic (exact) mass is 666 g/mol. The molecule has 0 saturated carbocycles. The first-order valence-corrected chi connectivity index (χ1v) is 18.1. The van der Waals surface area contributed by atoms with Crippen molar-refractivity contribution in [3.8, 4) is 33.4 Å². The van der Waals surface area contributed by atoms with Crippen LogP contribution in [-0.2, 0) is 0 Å². The van der Waals surface area contributed by atoms with Crippen LogP contribution in [0.25, 0.3) is 80.4 Å². The Morgan fingerprint density at radius 2 is 1.18 bits per heavy atom. The second kappa shape index (κ2) is 11.1. The predicted molar refractivity (Wildman–Crippen MR) is 216 cm³/mol. The van der Waals surface area contributed by atoms with Crippen molar-refractivity contribution in [2.24, 2.45) is 9.98 Å². The van der Waals surface area contributed by atoms with E-state index in [1.807, 2.05) is 29.5 Å². The fraction of sp³-hybridized carbons (Fsp3) is 0.0213. The highest BCUT2D eigenvalue weighted by Crippen LogP contribution is 2.53. The largest absolute Gasteiger partial charge is 0.438 e. The van der Waals surface area contributed by atoms with E-state index in [1.54, 1.807) is 0 Å². The number of hydrogen-bond acceptors (Lipinski definition) is 3. The molecule has 238 valence electrons. The maximum atomic E-state index is 5.29. The average Bonchev–Trinajstić information content (AvgIpc) is 3.75. The SMILES string of the molecule is c1ccc(C2=NC(c3ccc(-c4cccc5ccccc45)cc3)=NC(c3cccc4sc5c6c(ccc5c34)-c3cccc4cccc-6c34)[N-]2)cc1. The molecular weight excluding hydrogens is 639 g/mol. The van der Waals surface area contributed by atoms with E-state index in [2.05, 4.69) is 146 Å². The van der Waals surface area contributed by atoms with Crippen LogP contribution in [0.5, 0.6) is 0 Å². The highest BCUT2D eigenvalue weighted by atomic mass is 32.1. The number of aliphatic imine (C=N–C) groups is 2. The molecule has 1 aliphatic heterocycles. The fourth-order valence-electron chi connectivity index (χ4n) is 8.10. The Labute approximate surface area is 298 Å². The van der Waals surface area contributed by atoms with E-state index in [4.69, 9.17) is 15.3 Å². The normalized spacial score (nSPS) is 14.9. The lowest BCUT2D eigenvalue weighted by Crippen LogP contribution is -2.16. The van der Waals surface area contributed by atoms with E-state index < -0.39 is 6.17 Å². The van der Waals surface area contributed by atoms with Crippen LogP contribution < -0.4 is 0 Å². The number of nitrogens with zero attached hydrogens (tertiary/aromatic N) is 3. The summed E-state index contributed by atoms with van der Waals surface area (Å²) in [6.07, 6.45) is -0.444. The van der Waals surface area contributed by atoms with E-state index in [1.165, 1.54) is 75.1 Å². The molecule has 0 radical (unpaired) electrons. The summed E-state index contributed by atoms with van der Waals surface area (Å²) in [7, 11) is 0. The van der Waals surface area contributed by atoms with Gasteiger partial charge in [0.25, 0.3) is 0 Å². The molecule has 3 nitrogen and oxygen atoms in total. The summed E-state index contributed by atoms with van der Waals surface area (Å²) in [5.41, 5.74) is 10.7. The van der Waals surface area contributed by atoms with Crippen LogP contribution in [0.2, 0.25) is 0 Å². The van der Waals surface area contributed by atoms with Crippen LogP contribution in [0.15, 0.2) is 174 Å². The van der Waals surface area contributed by atoms with Crippen molar-refractivity contribution in [2.75, 3.05) is 0 Å². The third-order valence-corrected chi connectivity index (χ3v) is 11.6. The molecule has 0 amide bonds. The Morgan fingerprint density at radius 3 is 2.04 bits per heavy atom. The topological polar surface area (TPSA) is 38.8 Å². The van der Waals surface area contributed by atoms with Crippen LogP contribution in [0.1, 0.15) is 22.9 Å². The van der Waals surface area contributed by atoms with Crippen LogP contribution in [0.3, 0.4) is 0 Å². The standard InChI is InChI=1S/C47H28N3S/c1-2-11-31(12-3-1)45-48-46(32-24-22-29(23-25-32)34-17-6-13-28-10-4-5-16-33(28)34)50-47(49-45)39-20-9-21-40-42(39)38-27-26-36-35-18-7-14-30-15-8-19-37(41(30)35)43(36)44(38)51-40/h1-27,47H/q-1. The number of rotatable bonds is 4. The van der Waals surface area contributed by atoms with Crippen LogP contribution in [0, 0.1) is 0 Å². The molecular formula is C47H28N3S-. The van der Waals surface area contributed by atoms with Gasteiger partial charge in [0, 0.05) is 25.7 Å². The molecule has 11 rings (SSSR count). The summed E-state index contributed by atoms with van der Waals surface area (Å²) in [4.78, 5) is 10.4. The van der Waals surface area contributed by atoms with Gasteiger partial charge >= 0.3 is 0 Å². The Morgan fingerprint density at radius 1 is 0.471 bits per heavy atom. The molecule has 2 aliphatic rings. The Bertz CT molecular complexity index is 2920. The van der Waals surface area contributed by atoms with E-state index in [9.17, 15) is 0 Å².